The summed E-state index contributed by atoms with van der Waals surface area (Å²) in [6.45, 7) is 3.49. The van der Waals surface area contributed by atoms with Gasteiger partial charge in [-0.1, -0.05) is 6.07 Å². The molecule has 6 nitrogen and oxygen atoms in total. The number of imidazole rings is 1. The highest BCUT2D eigenvalue weighted by atomic mass is 16.2. The molecule has 1 aliphatic rings. The third-order valence-electron chi connectivity index (χ3n) is 4.92. The third-order valence-corrected chi connectivity index (χ3v) is 4.92. The number of nitrogens with zero attached hydrogens (tertiary/aromatic N) is 5. The van der Waals surface area contributed by atoms with Crippen molar-refractivity contribution in [2.75, 3.05) is 13.1 Å². The number of aryl methyl sites for hydroxylation is 1. The second kappa shape index (κ2) is 6.63. The van der Waals surface area contributed by atoms with Gasteiger partial charge in [-0.15, -0.1) is 0 Å². The van der Waals surface area contributed by atoms with Crippen LogP contribution in [0.4, 0.5) is 0 Å². The van der Waals surface area contributed by atoms with E-state index in [9.17, 15) is 4.79 Å². The molecule has 4 rings (SSSR count). The molecule has 1 aliphatic heterocycles. The highest BCUT2D eigenvalue weighted by Crippen LogP contribution is 2.25. The van der Waals surface area contributed by atoms with Crippen LogP contribution in [0.5, 0.6) is 0 Å². The summed E-state index contributed by atoms with van der Waals surface area (Å²) in [5.41, 5.74) is 3.76. The molecule has 6 heteroatoms. The maximum absolute atomic E-state index is 12.9. The molecule has 1 saturated heterocycles. The Morgan fingerprint density at radius 3 is 3.08 bits per heavy atom. The smallest absolute Gasteiger partial charge is 0.228 e. The predicted octanol–water partition coefficient (Wildman–Crippen LogP) is 2.38. The van der Waals surface area contributed by atoms with Crippen molar-refractivity contribution < 1.29 is 4.79 Å². The van der Waals surface area contributed by atoms with Crippen molar-refractivity contribution in [3.8, 4) is 0 Å². The van der Waals surface area contributed by atoms with Gasteiger partial charge in [0.1, 0.15) is 5.65 Å². The maximum atomic E-state index is 12.9. The summed E-state index contributed by atoms with van der Waals surface area (Å²) < 4.78 is 2.01. The lowest BCUT2D eigenvalue weighted by atomic mass is 9.94. The third kappa shape index (κ3) is 3.12. The first kappa shape index (κ1) is 15.7. The summed E-state index contributed by atoms with van der Waals surface area (Å²) in [6, 6.07) is 5.89. The minimum atomic E-state index is 0.155. The van der Waals surface area contributed by atoms with Crippen LogP contribution < -0.4 is 0 Å². The van der Waals surface area contributed by atoms with Gasteiger partial charge in [0.15, 0.2) is 0 Å². The molecule has 0 aliphatic carbocycles. The number of pyridine rings is 1. The number of aromatic nitrogens is 4. The Labute approximate surface area is 146 Å². The van der Waals surface area contributed by atoms with Gasteiger partial charge < -0.3 is 9.30 Å². The zero-order valence-electron chi connectivity index (χ0n) is 14.3. The highest BCUT2D eigenvalue weighted by molar-refractivity contribution is 5.79. The maximum Gasteiger partial charge on any atom is 0.228 e. The number of carbonyl (C=O) groups is 1. The van der Waals surface area contributed by atoms with E-state index in [0.717, 1.165) is 42.1 Å². The second-order valence-corrected chi connectivity index (χ2v) is 6.56. The van der Waals surface area contributed by atoms with E-state index in [1.807, 2.05) is 46.8 Å². The molecule has 1 fully saturated rings. The largest absolute Gasteiger partial charge is 0.342 e. The average Bonchev–Trinajstić information content (AvgIpc) is 2.98. The lowest BCUT2D eigenvalue weighted by molar-refractivity contribution is -0.131. The van der Waals surface area contributed by atoms with Crippen molar-refractivity contribution in [2.45, 2.75) is 32.1 Å². The van der Waals surface area contributed by atoms with Gasteiger partial charge in [-0.3, -0.25) is 14.8 Å². The van der Waals surface area contributed by atoms with Crippen LogP contribution in [0.25, 0.3) is 5.65 Å². The number of amides is 1. The summed E-state index contributed by atoms with van der Waals surface area (Å²) >= 11 is 0. The molecule has 128 valence electrons. The van der Waals surface area contributed by atoms with E-state index in [2.05, 4.69) is 15.0 Å². The molecule has 0 bridgehead atoms. The van der Waals surface area contributed by atoms with E-state index in [1.165, 1.54) is 0 Å². The van der Waals surface area contributed by atoms with Crippen molar-refractivity contribution in [2.24, 2.45) is 0 Å². The molecule has 0 radical (unpaired) electrons. The van der Waals surface area contributed by atoms with Crippen LogP contribution in [-0.4, -0.2) is 43.2 Å². The number of carbonyl (C=O) groups excluding carboxylic acids is 1. The molecule has 3 aromatic heterocycles. The van der Waals surface area contributed by atoms with Gasteiger partial charge >= 0.3 is 0 Å². The lowest BCUT2D eigenvalue weighted by Gasteiger charge is -2.32. The fourth-order valence-corrected chi connectivity index (χ4v) is 3.60. The van der Waals surface area contributed by atoms with E-state index >= 15 is 0 Å². The van der Waals surface area contributed by atoms with Crippen LogP contribution in [0.15, 0.2) is 43.0 Å². The van der Waals surface area contributed by atoms with Crippen molar-refractivity contribution >= 4 is 11.6 Å². The second-order valence-electron chi connectivity index (χ2n) is 6.56. The monoisotopic (exact) mass is 335 g/mol. The molecule has 0 aromatic carbocycles. The Balaban J connectivity index is 1.51. The van der Waals surface area contributed by atoms with Gasteiger partial charge in [-0.2, -0.15) is 0 Å². The van der Waals surface area contributed by atoms with E-state index in [-0.39, 0.29) is 11.8 Å². The number of rotatable bonds is 3. The van der Waals surface area contributed by atoms with Crippen LogP contribution in [-0.2, 0) is 11.2 Å². The van der Waals surface area contributed by atoms with Crippen LogP contribution >= 0.6 is 0 Å². The fraction of sp³-hybridized carbons (Fsp3) is 0.368. The molecule has 0 unspecified atom stereocenters. The number of hydrogen-bond donors (Lipinski definition) is 0. The highest BCUT2D eigenvalue weighted by Gasteiger charge is 2.26. The zero-order valence-corrected chi connectivity index (χ0v) is 14.3. The van der Waals surface area contributed by atoms with E-state index in [1.54, 1.807) is 12.4 Å². The molecular formula is C19H21N5O. The summed E-state index contributed by atoms with van der Waals surface area (Å²) in [5, 5.41) is 0. The number of fused-ring (bicyclic) bond motifs is 1. The van der Waals surface area contributed by atoms with Gasteiger partial charge in [0.2, 0.25) is 5.91 Å². The summed E-state index contributed by atoms with van der Waals surface area (Å²) in [5.74, 6) is 0.428. The van der Waals surface area contributed by atoms with Crippen molar-refractivity contribution in [1.82, 2.24) is 24.3 Å². The Hall–Kier alpha value is -2.76. The topological polar surface area (TPSA) is 63.4 Å². The van der Waals surface area contributed by atoms with Crippen molar-refractivity contribution in [3.05, 3.63) is 60.1 Å². The summed E-state index contributed by atoms with van der Waals surface area (Å²) in [4.78, 5) is 28.0. The van der Waals surface area contributed by atoms with Crippen molar-refractivity contribution in [1.29, 1.82) is 0 Å². The lowest BCUT2D eigenvalue weighted by Crippen LogP contribution is -2.40. The van der Waals surface area contributed by atoms with E-state index in [0.29, 0.717) is 13.0 Å². The summed E-state index contributed by atoms with van der Waals surface area (Å²) in [6.07, 6.45) is 9.62. The van der Waals surface area contributed by atoms with E-state index < -0.39 is 0 Å². The molecule has 25 heavy (non-hydrogen) atoms. The quantitative estimate of drug-likeness (QED) is 0.737. The number of hydrogen-bond acceptors (Lipinski definition) is 4. The normalized spacial score (nSPS) is 17.8. The molecule has 0 spiro atoms. The molecule has 0 saturated carbocycles. The molecule has 4 heterocycles. The predicted molar refractivity (Wildman–Crippen MR) is 94.2 cm³/mol. The minimum absolute atomic E-state index is 0.155. The van der Waals surface area contributed by atoms with Crippen LogP contribution in [0.2, 0.25) is 0 Å². The average molecular weight is 335 g/mol. The first-order valence-electron chi connectivity index (χ1n) is 8.68. The van der Waals surface area contributed by atoms with Gasteiger partial charge in [-0.05, 0) is 31.9 Å². The number of likely N-dealkylation sites (tertiary alicyclic amines) is 1. The van der Waals surface area contributed by atoms with Gasteiger partial charge in [0.25, 0.3) is 0 Å². The Morgan fingerprint density at radius 2 is 2.24 bits per heavy atom. The minimum Gasteiger partial charge on any atom is -0.342 e. The molecular weight excluding hydrogens is 314 g/mol. The van der Waals surface area contributed by atoms with Gasteiger partial charge in [-0.25, -0.2) is 4.98 Å². The molecule has 0 N–H and O–H groups in total. The van der Waals surface area contributed by atoms with Crippen LogP contribution in [0.1, 0.15) is 35.8 Å². The first-order valence-corrected chi connectivity index (χ1v) is 8.68. The molecule has 1 amide bonds. The van der Waals surface area contributed by atoms with Crippen LogP contribution in [0, 0.1) is 6.92 Å². The zero-order chi connectivity index (χ0) is 17.2. The number of piperidine rings is 1. The van der Waals surface area contributed by atoms with E-state index in [4.69, 9.17) is 0 Å². The summed E-state index contributed by atoms with van der Waals surface area (Å²) in [7, 11) is 0. The van der Waals surface area contributed by atoms with Crippen LogP contribution in [0.3, 0.4) is 0 Å². The Kier molecular flexibility index (Phi) is 4.17. The van der Waals surface area contributed by atoms with Gasteiger partial charge in [0, 0.05) is 43.8 Å². The standard InChI is InChI=1S/C19H21N5O/c1-14-17(24-10-3-2-6-18(24)22-14)11-19(25)23-9-4-5-15(13-23)16-12-20-7-8-21-16/h2-3,6-8,10,12,15H,4-5,9,11,13H2,1H3/t15-/m1/s1. The fourth-order valence-electron chi connectivity index (χ4n) is 3.60. The molecule has 3 aromatic rings. The Morgan fingerprint density at radius 1 is 1.32 bits per heavy atom. The molecule has 1 atom stereocenters. The SMILES string of the molecule is Cc1nc2ccccn2c1CC(=O)N1CCC[C@@H](c2cnccn2)C1. The first-order chi connectivity index (χ1) is 12.2. The van der Waals surface area contributed by atoms with Gasteiger partial charge in [0.05, 0.1) is 23.5 Å². The van der Waals surface area contributed by atoms with Crippen molar-refractivity contribution in [3.63, 3.8) is 0 Å². The Bertz CT molecular complexity index is 889.